The highest BCUT2D eigenvalue weighted by atomic mass is 16.2. The molecule has 2 fully saturated rings. The van der Waals surface area contributed by atoms with E-state index in [9.17, 15) is 9.59 Å². The van der Waals surface area contributed by atoms with Gasteiger partial charge in [0, 0.05) is 19.1 Å². The van der Waals surface area contributed by atoms with E-state index in [0.29, 0.717) is 6.04 Å². The smallest absolute Gasteiger partial charge is 0.241 e. The molecule has 0 unspecified atom stereocenters. The van der Waals surface area contributed by atoms with Crippen molar-refractivity contribution in [2.24, 2.45) is 11.7 Å². The zero-order valence-electron chi connectivity index (χ0n) is 14.6. The monoisotopic (exact) mass is 324 g/mol. The molecule has 132 valence electrons. The summed E-state index contributed by atoms with van der Waals surface area (Å²) in [6, 6.07) is 0.0796. The summed E-state index contributed by atoms with van der Waals surface area (Å²) in [6.07, 6.45) is 6.06. The van der Waals surface area contributed by atoms with Crippen LogP contribution >= 0.6 is 0 Å². The van der Waals surface area contributed by atoms with Crippen LogP contribution in [0.4, 0.5) is 0 Å². The highest BCUT2D eigenvalue weighted by molar-refractivity contribution is 5.87. The van der Waals surface area contributed by atoms with Crippen molar-refractivity contribution in [1.82, 2.24) is 15.1 Å². The van der Waals surface area contributed by atoms with Crippen molar-refractivity contribution in [3.63, 3.8) is 0 Å². The number of nitrogens with two attached hydrogens (primary N) is 1. The maximum Gasteiger partial charge on any atom is 0.241 e. The first kappa shape index (κ1) is 18.2. The molecule has 1 atom stereocenters. The van der Waals surface area contributed by atoms with E-state index < -0.39 is 6.04 Å². The number of rotatable bonds is 5. The zero-order chi connectivity index (χ0) is 16.8. The standard InChI is InChI=1S/C17H32N4O2/c1-13(2)16(18)17(23)19-12-15(22)21-10-6-14(7-11-21)20-8-4-3-5-9-20/h13-14,16H,3-12,18H2,1-2H3,(H,19,23)/t16-/m0/s1. The van der Waals surface area contributed by atoms with Gasteiger partial charge in [-0.15, -0.1) is 0 Å². The Labute approximate surface area is 139 Å². The van der Waals surface area contributed by atoms with E-state index in [4.69, 9.17) is 5.73 Å². The van der Waals surface area contributed by atoms with Crippen LogP contribution in [0.25, 0.3) is 0 Å². The summed E-state index contributed by atoms with van der Waals surface area (Å²) in [5, 5.41) is 2.67. The van der Waals surface area contributed by atoms with Crippen molar-refractivity contribution in [2.45, 2.75) is 58.0 Å². The van der Waals surface area contributed by atoms with Crippen molar-refractivity contribution in [1.29, 1.82) is 0 Å². The fraction of sp³-hybridized carbons (Fsp3) is 0.882. The minimum Gasteiger partial charge on any atom is -0.346 e. The summed E-state index contributed by atoms with van der Waals surface area (Å²) in [7, 11) is 0. The van der Waals surface area contributed by atoms with Gasteiger partial charge in [0.25, 0.3) is 0 Å². The fourth-order valence-corrected chi connectivity index (χ4v) is 3.46. The fourth-order valence-electron chi connectivity index (χ4n) is 3.46. The summed E-state index contributed by atoms with van der Waals surface area (Å²) < 4.78 is 0. The van der Waals surface area contributed by atoms with Crippen molar-refractivity contribution >= 4 is 11.8 Å². The molecule has 6 heteroatoms. The summed E-state index contributed by atoms with van der Waals surface area (Å²) >= 11 is 0. The average Bonchev–Trinajstić information content (AvgIpc) is 2.59. The van der Waals surface area contributed by atoms with Crippen LogP contribution in [0.5, 0.6) is 0 Å². The van der Waals surface area contributed by atoms with Crippen LogP contribution in [0.1, 0.15) is 46.0 Å². The van der Waals surface area contributed by atoms with E-state index >= 15 is 0 Å². The van der Waals surface area contributed by atoms with Gasteiger partial charge in [0.05, 0.1) is 12.6 Å². The number of nitrogens with one attached hydrogen (secondary N) is 1. The first-order valence-corrected chi connectivity index (χ1v) is 9.04. The molecular weight excluding hydrogens is 292 g/mol. The van der Waals surface area contributed by atoms with Gasteiger partial charge >= 0.3 is 0 Å². The minimum absolute atomic E-state index is 0.00593. The molecule has 2 rings (SSSR count). The van der Waals surface area contributed by atoms with E-state index in [-0.39, 0.29) is 24.3 Å². The van der Waals surface area contributed by atoms with Gasteiger partial charge < -0.3 is 20.9 Å². The summed E-state index contributed by atoms with van der Waals surface area (Å²) in [5.74, 6) is -0.159. The quantitative estimate of drug-likeness (QED) is 0.775. The molecule has 0 radical (unpaired) electrons. The van der Waals surface area contributed by atoms with Crippen LogP contribution in [0.15, 0.2) is 0 Å². The zero-order valence-corrected chi connectivity index (χ0v) is 14.6. The van der Waals surface area contributed by atoms with E-state index in [2.05, 4.69) is 10.2 Å². The third-order valence-corrected chi connectivity index (χ3v) is 5.16. The van der Waals surface area contributed by atoms with Crippen LogP contribution in [0.2, 0.25) is 0 Å². The lowest BCUT2D eigenvalue weighted by molar-refractivity contribution is -0.134. The second kappa shape index (κ2) is 8.64. The van der Waals surface area contributed by atoms with Gasteiger partial charge in [-0.05, 0) is 44.7 Å². The normalized spacial score (nSPS) is 22.2. The van der Waals surface area contributed by atoms with Gasteiger partial charge in [0.2, 0.25) is 11.8 Å². The van der Waals surface area contributed by atoms with Gasteiger partial charge in [-0.2, -0.15) is 0 Å². The maximum atomic E-state index is 12.2. The predicted octanol–water partition coefficient (Wildman–Crippen LogP) is 0.563. The second-order valence-corrected chi connectivity index (χ2v) is 7.20. The number of nitrogens with zero attached hydrogens (tertiary/aromatic N) is 2. The molecule has 0 aromatic heterocycles. The van der Waals surface area contributed by atoms with Gasteiger partial charge in [-0.25, -0.2) is 0 Å². The lowest BCUT2D eigenvalue weighted by Crippen LogP contribution is -2.51. The topological polar surface area (TPSA) is 78.7 Å². The summed E-state index contributed by atoms with van der Waals surface area (Å²) in [6.45, 7) is 7.88. The Balaban J connectivity index is 1.70. The number of carbonyl (C=O) groups excluding carboxylic acids is 2. The molecule has 23 heavy (non-hydrogen) atoms. The second-order valence-electron chi connectivity index (χ2n) is 7.20. The Hall–Kier alpha value is -1.14. The molecule has 2 heterocycles. The first-order valence-electron chi connectivity index (χ1n) is 9.04. The van der Waals surface area contributed by atoms with Crippen LogP contribution in [-0.4, -0.2) is 66.4 Å². The van der Waals surface area contributed by atoms with Crippen molar-refractivity contribution < 1.29 is 9.59 Å². The van der Waals surface area contributed by atoms with Crippen LogP contribution in [0, 0.1) is 5.92 Å². The van der Waals surface area contributed by atoms with Crippen molar-refractivity contribution in [2.75, 3.05) is 32.7 Å². The number of piperidine rings is 2. The molecule has 6 nitrogen and oxygen atoms in total. The van der Waals surface area contributed by atoms with Crippen molar-refractivity contribution in [3.05, 3.63) is 0 Å². The Morgan fingerprint density at radius 3 is 2.26 bits per heavy atom. The van der Waals surface area contributed by atoms with E-state index in [1.807, 2.05) is 18.7 Å². The third kappa shape index (κ3) is 5.18. The summed E-state index contributed by atoms with van der Waals surface area (Å²) in [5.41, 5.74) is 5.78. The van der Waals surface area contributed by atoms with Gasteiger partial charge in [-0.1, -0.05) is 20.3 Å². The number of amides is 2. The Morgan fingerprint density at radius 1 is 1.09 bits per heavy atom. The van der Waals surface area contributed by atoms with Crippen molar-refractivity contribution in [3.8, 4) is 0 Å². The molecule has 0 aromatic carbocycles. The molecule has 0 aliphatic carbocycles. The minimum atomic E-state index is -0.548. The van der Waals surface area contributed by atoms with Crippen LogP contribution in [-0.2, 0) is 9.59 Å². The summed E-state index contributed by atoms with van der Waals surface area (Å²) in [4.78, 5) is 28.5. The Kier molecular flexibility index (Phi) is 6.84. The first-order chi connectivity index (χ1) is 11.0. The molecular formula is C17H32N4O2. The molecule has 2 aliphatic rings. The van der Waals surface area contributed by atoms with E-state index in [0.717, 1.165) is 25.9 Å². The number of hydrogen-bond acceptors (Lipinski definition) is 4. The SMILES string of the molecule is CC(C)[C@H](N)C(=O)NCC(=O)N1CCC(N2CCCCC2)CC1. The number of likely N-dealkylation sites (tertiary alicyclic amines) is 2. The molecule has 3 N–H and O–H groups in total. The average molecular weight is 324 g/mol. The number of hydrogen-bond donors (Lipinski definition) is 2. The number of carbonyl (C=O) groups is 2. The van der Waals surface area contributed by atoms with Crippen LogP contribution in [0.3, 0.4) is 0 Å². The maximum absolute atomic E-state index is 12.2. The van der Waals surface area contributed by atoms with E-state index in [1.54, 1.807) is 0 Å². The molecule has 2 saturated heterocycles. The highest BCUT2D eigenvalue weighted by Crippen LogP contribution is 2.20. The molecule has 0 spiro atoms. The van der Waals surface area contributed by atoms with E-state index in [1.165, 1.54) is 32.4 Å². The highest BCUT2D eigenvalue weighted by Gasteiger charge is 2.28. The molecule has 2 amide bonds. The van der Waals surface area contributed by atoms with Gasteiger partial charge in [0.1, 0.15) is 0 Å². The lowest BCUT2D eigenvalue weighted by atomic mass is 10.00. The Bertz CT molecular complexity index is 399. The molecule has 0 aromatic rings. The lowest BCUT2D eigenvalue weighted by Gasteiger charge is -2.40. The van der Waals surface area contributed by atoms with Gasteiger partial charge in [0.15, 0.2) is 0 Å². The molecule has 0 bridgehead atoms. The van der Waals surface area contributed by atoms with Crippen LogP contribution < -0.4 is 11.1 Å². The van der Waals surface area contributed by atoms with Gasteiger partial charge in [-0.3, -0.25) is 9.59 Å². The Morgan fingerprint density at radius 2 is 1.70 bits per heavy atom. The predicted molar refractivity (Wildman–Crippen MR) is 90.8 cm³/mol. The largest absolute Gasteiger partial charge is 0.346 e. The third-order valence-electron chi connectivity index (χ3n) is 5.16. The molecule has 0 saturated carbocycles. The molecule has 2 aliphatic heterocycles.